The van der Waals surface area contributed by atoms with Crippen LogP contribution in [0.5, 0.6) is 0 Å². The van der Waals surface area contributed by atoms with E-state index in [-0.39, 0.29) is 11.9 Å². The maximum atomic E-state index is 12.0. The molecule has 0 aliphatic rings. The van der Waals surface area contributed by atoms with Crippen molar-refractivity contribution in [3.8, 4) is 0 Å². The quantitative estimate of drug-likeness (QED) is 0.816. The van der Waals surface area contributed by atoms with Gasteiger partial charge in [0.2, 0.25) is 0 Å². The van der Waals surface area contributed by atoms with Crippen molar-refractivity contribution in [1.82, 2.24) is 5.32 Å². The lowest BCUT2D eigenvalue weighted by atomic mass is 10.1. The zero-order valence-electron chi connectivity index (χ0n) is 12.6. The lowest BCUT2D eigenvalue weighted by Crippen LogP contribution is -2.32. The molecule has 0 fully saturated rings. The highest BCUT2D eigenvalue weighted by Gasteiger charge is 2.09. The number of anilines is 1. The molecule has 1 unspecified atom stereocenters. The molecule has 1 aromatic rings. The van der Waals surface area contributed by atoms with Crippen molar-refractivity contribution < 1.29 is 4.79 Å². The van der Waals surface area contributed by atoms with Gasteiger partial charge in [0.05, 0.1) is 0 Å². The van der Waals surface area contributed by atoms with Gasteiger partial charge in [-0.05, 0) is 51.5 Å². The fourth-order valence-electron chi connectivity index (χ4n) is 2.22. The number of nitrogens with one attached hydrogen (secondary N) is 1. The third-order valence-corrected chi connectivity index (χ3v) is 3.36. The summed E-state index contributed by atoms with van der Waals surface area (Å²) in [5.41, 5.74) is 1.90. The molecule has 0 bridgehead atoms. The van der Waals surface area contributed by atoms with Crippen LogP contribution in [0.3, 0.4) is 0 Å². The minimum absolute atomic E-state index is 0.0204. The monoisotopic (exact) mass is 262 g/mol. The first-order valence-electron chi connectivity index (χ1n) is 7.28. The topological polar surface area (TPSA) is 32.3 Å². The maximum absolute atomic E-state index is 12.0. The predicted octanol–water partition coefficient (Wildman–Crippen LogP) is 3.45. The summed E-state index contributed by atoms with van der Waals surface area (Å²) in [7, 11) is 0. The lowest BCUT2D eigenvalue weighted by molar-refractivity contribution is 0.0938. The van der Waals surface area contributed by atoms with E-state index in [4.69, 9.17) is 0 Å². The van der Waals surface area contributed by atoms with Crippen molar-refractivity contribution in [3.63, 3.8) is 0 Å². The van der Waals surface area contributed by atoms with E-state index < -0.39 is 0 Å². The fraction of sp³-hybridized carbons (Fsp3) is 0.562. The molecule has 106 valence electrons. The highest BCUT2D eigenvalue weighted by molar-refractivity contribution is 5.94. The summed E-state index contributed by atoms with van der Waals surface area (Å²) >= 11 is 0. The van der Waals surface area contributed by atoms with Crippen LogP contribution in [0.4, 0.5) is 5.69 Å². The smallest absolute Gasteiger partial charge is 0.251 e. The first kappa shape index (κ1) is 15.5. The Labute approximate surface area is 117 Å². The van der Waals surface area contributed by atoms with Crippen LogP contribution in [0.2, 0.25) is 0 Å². The van der Waals surface area contributed by atoms with Crippen LogP contribution in [0.25, 0.3) is 0 Å². The molecule has 0 spiro atoms. The van der Waals surface area contributed by atoms with E-state index in [1.54, 1.807) is 0 Å². The molecule has 0 aliphatic heterocycles. The summed E-state index contributed by atoms with van der Waals surface area (Å²) in [5.74, 6) is 0.0204. The third kappa shape index (κ3) is 4.58. The maximum Gasteiger partial charge on any atom is 0.251 e. The van der Waals surface area contributed by atoms with Gasteiger partial charge in [-0.25, -0.2) is 0 Å². The molecule has 0 saturated carbocycles. The van der Waals surface area contributed by atoms with Gasteiger partial charge in [0.25, 0.3) is 5.91 Å². The third-order valence-electron chi connectivity index (χ3n) is 3.36. The minimum atomic E-state index is 0.0204. The molecule has 1 aromatic carbocycles. The number of nitrogens with zero attached hydrogens (tertiary/aromatic N) is 1. The van der Waals surface area contributed by atoms with E-state index in [1.165, 1.54) is 5.69 Å². The molecule has 0 aromatic heterocycles. The molecule has 0 saturated heterocycles. The van der Waals surface area contributed by atoms with Gasteiger partial charge in [-0.15, -0.1) is 0 Å². The lowest BCUT2D eigenvalue weighted by Gasteiger charge is -2.21. The number of hydrogen-bond donors (Lipinski definition) is 1. The zero-order chi connectivity index (χ0) is 14.3. The van der Waals surface area contributed by atoms with Crippen molar-refractivity contribution in [2.24, 2.45) is 0 Å². The fourth-order valence-corrected chi connectivity index (χ4v) is 2.22. The summed E-state index contributed by atoms with van der Waals surface area (Å²) in [6, 6.07) is 8.09. The Morgan fingerprint density at radius 2 is 1.74 bits per heavy atom. The van der Waals surface area contributed by atoms with Gasteiger partial charge in [0.1, 0.15) is 0 Å². The van der Waals surface area contributed by atoms with Crippen LogP contribution in [0, 0.1) is 0 Å². The van der Waals surface area contributed by atoms with Crippen molar-refractivity contribution in [2.75, 3.05) is 18.0 Å². The summed E-state index contributed by atoms with van der Waals surface area (Å²) in [4.78, 5) is 14.3. The molecule has 1 rings (SSSR count). The van der Waals surface area contributed by atoms with Crippen LogP contribution in [-0.2, 0) is 0 Å². The van der Waals surface area contributed by atoms with E-state index in [0.717, 1.165) is 31.5 Å². The molecule has 1 amide bonds. The first-order chi connectivity index (χ1) is 9.12. The van der Waals surface area contributed by atoms with Gasteiger partial charge in [-0.1, -0.05) is 13.3 Å². The van der Waals surface area contributed by atoms with Gasteiger partial charge in [-0.2, -0.15) is 0 Å². The number of carbonyl (C=O) groups is 1. The molecule has 0 heterocycles. The van der Waals surface area contributed by atoms with Crippen molar-refractivity contribution in [3.05, 3.63) is 29.8 Å². The van der Waals surface area contributed by atoms with Crippen LogP contribution < -0.4 is 10.2 Å². The Kier molecular flexibility index (Phi) is 6.40. The van der Waals surface area contributed by atoms with Crippen LogP contribution in [-0.4, -0.2) is 25.0 Å². The molecule has 3 heteroatoms. The molecule has 1 atom stereocenters. The standard InChI is InChI=1S/C16H26N2O/c1-5-8-13(4)17-16(19)14-9-11-15(12-10-14)18(6-2)7-3/h9-13H,5-8H2,1-4H3,(H,17,19). The summed E-state index contributed by atoms with van der Waals surface area (Å²) in [6.45, 7) is 10.4. The number of amides is 1. The zero-order valence-corrected chi connectivity index (χ0v) is 12.6. The van der Waals surface area contributed by atoms with Crippen molar-refractivity contribution in [2.45, 2.75) is 46.6 Å². The van der Waals surface area contributed by atoms with Crippen molar-refractivity contribution >= 4 is 11.6 Å². The average Bonchev–Trinajstić information content (AvgIpc) is 2.41. The Hall–Kier alpha value is -1.51. The molecular weight excluding hydrogens is 236 g/mol. The van der Waals surface area contributed by atoms with Gasteiger partial charge in [0, 0.05) is 30.4 Å². The van der Waals surface area contributed by atoms with E-state index in [9.17, 15) is 4.79 Å². The van der Waals surface area contributed by atoms with E-state index in [0.29, 0.717) is 0 Å². The molecule has 3 nitrogen and oxygen atoms in total. The van der Waals surface area contributed by atoms with E-state index in [2.05, 4.69) is 31.0 Å². The second-order valence-electron chi connectivity index (χ2n) is 4.88. The number of benzene rings is 1. The molecule has 19 heavy (non-hydrogen) atoms. The normalized spacial score (nSPS) is 12.0. The Bertz CT molecular complexity index is 382. The number of rotatable bonds is 7. The van der Waals surface area contributed by atoms with E-state index in [1.807, 2.05) is 31.2 Å². The van der Waals surface area contributed by atoms with Crippen LogP contribution in [0.1, 0.15) is 50.9 Å². The highest BCUT2D eigenvalue weighted by Crippen LogP contribution is 2.15. The van der Waals surface area contributed by atoms with E-state index >= 15 is 0 Å². The molecule has 0 aliphatic carbocycles. The highest BCUT2D eigenvalue weighted by atomic mass is 16.1. The van der Waals surface area contributed by atoms with Gasteiger partial charge >= 0.3 is 0 Å². The minimum Gasteiger partial charge on any atom is -0.372 e. The number of hydrogen-bond acceptors (Lipinski definition) is 2. The summed E-state index contributed by atoms with van der Waals surface area (Å²) in [5, 5.41) is 3.02. The largest absolute Gasteiger partial charge is 0.372 e. The first-order valence-corrected chi connectivity index (χ1v) is 7.28. The SMILES string of the molecule is CCCC(C)NC(=O)c1ccc(N(CC)CC)cc1. The summed E-state index contributed by atoms with van der Waals surface area (Å²) < 4.78 is 0. The second kappa shape index (κ2) is 7.82. The van der Waals surface area contributed by atoms with Crippen LogP contribution >= 0.6 is 0 Å². The average molecular weight is 262 g/mol. The molecular formula is C16H26N2O. The second-order valence-corrected chi connectivity index (χ2v) is 4.88. The number of carbonyl (C=O) groups excluding carboxylic acids is 1. The Balaban J connectivity index is 2.67. The Morgan fingerprint density at radius 3 is 2.21 bits per heavy atom. The molecule has 1 N–H and O–H groups in total. The molecule has 0 radical (unpaired) electrons. The Morgan fingerprint density at radius 1 is 1.16 bits per heavy atom. The summed E-state index contributed by atoms with van der Waals surface area (Å²) in [6.07, 6.45) is 2.10. The van der Waals surface area contributed by atoms with Gasteiger partial charge < -0.3 is 10.2 Å². The predicted molar refractivity (Wildman–Crippen MR) is 81.8 cm³/mol. The van der Waals surface area contributed by atoms with Crippen molar-refractivity contribution in [1.29, 1.82) is 0 Å². The van der Waals surface area contributed by atoms with Gasteiger partial charge in [0.15, 0.2) is 0 Å². The van der Waals surface area contributed by atoms with Gasteiger partial charge in [-0.3, -0.25) is 4.79 Å². The van der Waals surface area contributed by atoms with Crippen LogP contribution in [0.15, 0.2) is 24.3 Å².